The average molecular weight is 288 g/mol. The molecule has 1 aromatic carbocycles. The molecule has 112 valence electrons. The molecule has 0 bridgehead atoms. The summed E-state index contributed by atoms with van der Waals surface area (Å²) in [4.78, 5) is 14.1. The predicted molar refractivity (Wildman–Crippen MR) is 78.1 cm³/mol. The van der Waals surface area contributed by atoms with Crippen molar-refractivity contribution >= 4 is 5.91 Å². The number of hydrogen-bond acceptors (Lipinski definition) is 4. The summed E-state index contributed by atoms with van der Waals surface area (Å²) < 4.78 is 11.1. The summed E-state index contributed by atoms with van der Waals surface area (Å²) in [5.41, 5.74) is 2.34. The van der Waals surface area contributed by atoms with Crippen LogP contribution in [-0.2, 0) is 9.53 Å². The standard InChI is InChI=1S/C16H20N2O3/c1-11-8-14(10-17)9-12(2)15(11)21-13(3)16(19)18-4-6-20-7-5-18/h8-9,13H,4-7H2,1-3H3. The molecule has 1 heterocycles. The predicted octanol–water partition coefficient (Wildman–Crippen LogP) is 1.80. The minimum Gasteiger partial charge on any atom is -0.480 e. The Hall–Kier alpha value is -2.06. The van der Waals surface area contributed by atoms with Gasteiger partial charge in [-0.2, -0.15) is 5.26 Å². The number of amides is 1. The van der Waals surface area contributed by atoms with Crippen LogP contribution < -0.4 is 4.74 Å². The van der Waals surface area contributed by atoms with E-state index in [-0.39, 0.29) is 5.91 Å². The molecule has 0 saturated carbocycles. The van der Waals surface area contributed by atoms with Crippen molar-refractivity contribution in [1.29, 1.82) is 5.26 Å². The Labute approximate surface area is 125 Å². The number of nitriles is 1. The topological polar surface area (TPSA) is 62.6 Å². The Kier molecular flexibility index (Phi) is 4.81. The van der Waals surface area contributed by atoms with Crippen molar-refractivity contribution in [3.63, 3.8) is 0 Å². The van der Waals surface area contributed by atoms with Crippen molar-refractivity contribution in [2.24, 2.45) is 0 Å². The van der Waals surface area contributed by atoms with Crippen LogP contribution in [0.2, 0.25) is 0 Å². The molecule has 1 amide bonds. The Morgan fingerprint density at radius 2 is 1.90 bits per heavy atom. The quantitative estimate of drug-likeness (QED) is 0.851. The first-order valence-electron chi connectivity index (χ1n) is 7.07. The lowest BCUT2D eigenvalue weighted by atomic mass is 10.1. The number of aryl methyl sites for hydroxylation is 2. The Morgan fingerprint density at radius 1 is 1.33 bits per heavy atom. The minimum atomic E-state index is -0.548. The van der Waals surface area contributed by atoms with Crippen molar-refractivity contribution in [1.82, 2.24) is 4.90 Å². The zero-order chi connectivity index (χ0) is 15.4. The second-order valence-corrected chi connectivity index (χ2v) is 5.25. The van der Waals surface area contributed by atoms with Crippen LogP contribution in [-0.4, -0.2) is 43.2 Å². The van der Waals surface area contributed by atoms with Gasteiger partial charge in [-0.15, -0.1) is 0 Å². The maximum atomic E-state index is 12.3. The van der Waals surface area contributed by atoms with Crippen LogP contribution in [0.1, 0.15) is 23.6 Å². The highest BCUT2D eigenvalue weighted by Crippen LogP contribution is 2.26. The van der Waals surface area contributed by atoms with E-state index in [1.165, 1.54) is 0 Å². The average Bonchev–Trinajstić information content (AvgIpc) is 2.50. The number of rotatable bonds is 3. The summed E-state index contributed by atoms with van der Waals surface area (Å²) in [5.74, 6) is 0.657. The molecule has 0 radical (unpaired) electrons. The highest BCUT2D eigenvalue weighted by Gasteiger charge is 2.24. The van der Waals surface area contributed by atoms with Crippen molar-refractivity contribution in [2.45, 2.75) is 26.9 Å². The summed E-state index contributed by atoms with van der Waals surface area (Å²) in [7, 11) is 0. The van der Waals surface area contributed by atoms with Crippen LogP contribution in [0, 0.1) is 25.2 Å². The van der Waals surface area contributed by atoms with E-state index in [2.05, 4.69) is 6.07 Å². The van der Waals surface area contributed by atoms with E-state index in [1.54, 1.807) is 24.0 Å². The molecular formula is C16H20N2O3. The molecule has 1 atom stereocenters. The van der Waals surface area contributed by atoms with Crippen molar-refractivity contribution in [2.75, 3.05) is 26.3 Å². The summed E-state index contributed by atoms with van der Waals surface area (Å²) >= 11 is 0. The maximum Gasteiger partial charge on any atom is 0.263 e. The van der Waals surface area contributed by atoms with Crippen LogP contribution in [0.5, 0.6) is 5.75 Å². The van der Waals surface area contributed by atoms with Gasteiger partial charge in [-0.3, -0.25) is 4.79 Å². The molecule has 5 heteroatoms. The summed E-state index contributed by atoms with van der Waals surface area (Å²) in [5, 5.41) is 8.95. The molecule has 0 N–H and O–H groups in total. The van der Waals surface area contributed by atoms with Gasteiger partial charge in [0.15, 0.2) is 6.10 Å². The molecule has 1 aliphatic rings. The lowest BCUT2D eigenvalue weighted by molar-refractivity contribution is -0.142. The number of ether oxygens (including phenoxy) is 2. The van der Waals surface area contributed by atoms with Gasteiger partial charge in [-0.1, -0.05) is 0 Å². The lowest BCUT2D eigenvalue weighted by Gasteiger charge is -2.29. The van der Waals surface area contributed by atoms with E-state index in [0.29, 0.717) is 37.6 Å². The van der Waals surface area contributed by atoms with E-state index < -0.39 is 6.10 Å². The first kappa shape index (κ1) is 15.3. The smallest absolute Gasteiger partial charge is 0.263 e. The molecule has 21 heavy (non-hydrogen) atoms. The maximum absolute atomic E-state index is 12.3. The van der Waals surface area contributed by atoms with Gasteiger partial charge in [0.1, 0.15) is 5.75 Å². The fraction of sp³-hybridized carbons (Fsp3) is 0.500. The van der Waals surface area contributed by atoms with E-state index >= 15 is 0 Å². The minimum absolute atomic E-state index is 0.0264. The van der Waals surface area contributed by atoms with Crippen molar-refractivity contribution in [3.05, 3.63) is 28.8 Å². The molecule has 5 nitrogen and oxygen atoms in total. The van der Waals surface area contributed by atoms with Gasteiger partial charge >= 0.3 is 0 Å². The molecule has 1 saturated heterocycles. The molecule has 2 rings (SSSR count). The molecule has 0 aliphatic carbocycles. The Morgan fingerprint density at radius 3 is 2.43 bits per heavy atom. The first-order valence-corrected chi connectivity index (χ1v) is 7.07. The lowest BCUT2D eigenvalue weighted by Crippen LogP contribution is -2.46. The number of benzene rings is 1. The first-order chi connectivity index (χ1) is 10.0. The number of hydrogen-bond donors (Lipinski definition) is 0. The third kappa shape index (κ3) is 3.53. The van der Waals surface area contributed by atoms with E-state index in [4.69, 9.17) is 14.7 Å². The molecule has 1 unspecified atom stereocenters. The fourth-order valence-electron chi connectivity index (χ4n) is 2.47. The molecule has 1 fully saturated rings. The second kappa shape index (κ2) is 6.59. The van der Waals surface area contributed by atoms with Crippen LogP contribution >= 0.6 is 0 Å². The van der Waals surface area contributed by atoms with E-state index in [9.17, 15) is 4.79 Å². The third-order valence-electron chi connectivity index (χ3n) is 3.55. The highest BCUT2D eigenvalue weighted by molar-refractivity contribution is 5.81. The molecule has 0 aromatic heterocycles. The molecule has 1 aromatic rings. The van der Waals surface area contributed by atoms with E-state index in [1.807, 2.05) is 13.8 Å². The Bertz CT molecular complexity index is 548. The fourth-order valence-corrected chi connectivity index (χ4v) is 2.47. The van der Waals surface area contributed by atoms with Crippen molar-refractivity contribution < 1.29 is 14.3 Å². The highest BCUT2D eigenvalue weighted by atomic mass is 16.5. The van der Waals surface area contributed by atoms with Crippen LogP contribution in [0.3, 0.4) is 0 Å². The summed E-state index contributed by atoms with van der Waals surface area (Å²) in [6.07, 6.45) is -0.548. The summed E-state index contributed by atoms with van der Waals surface area (Å²) in [6.45, 7) is 7.90. The SMILES string of the molecule is Cc1cc(C#N)cc(C)c1OC(C)C(=O)N1CCOCC1. The van der Waals surface area contributed by atoms with Gasteiger partial charge in [-0.25, -0.2) is 0 Å². The molecule has 1 aliphatic heterocycles. The zero-order valence-electron chi connectivity index (χ0n) is 12.7. The third-order valence-corrected chi connectivity index (χ3v) is 3.55. The Balaban J connectivity index is 2.10. The van der Waals surface area contributed by atoms with Gasteiger partial charge in [0.25, 0.3) is 5.91 Å². The number of morpholine rings is 1. The van der Waals surface area contributed by atoms with Crippen LogP contribution in [0.15, 0.2) is 12.1 Å². The molecular weight excluding hydrogens is 268 g/mol. The molecule has 0 spiro atoms. The van der Waals surface area contributed by atoms with Gasteiger partial charge < -0.3 is 14.4 Å². The monoisotopic (exact) mass is 288 g/mol. The van der Waals surface area contributed by atoms with Crippen molar-refractivity contribution in [3.8, 4) is 11.8 Å². The van der Waals surface area contributed by atoms with Crippen LogP contribution in [0.4, 0.5) is 0 Å². The number of carbonyl (C=O) groups excluding carboxylic acids is 1. The largest absolute Gasteiger partial charge is 0.480 e. The number of carbonyl (C=O) groups is 1. The zero-order valence-corrected chi connectivity index (χ0v) is 12.7. The number of nitrogens with zero attached hydrogens (tertiary/aromatic N) is 2. The second-order valence-electron chi connectivity index (χ2n) is 5.25. The van der Waals surface area contributed by atoms with E-state index in [0.717, 1.165) is 11.1 Å². The normalized spacial score (nSPS) is 16.2. The van der Waals surface area contributed by atoms with Gasteiger partial charge in [0, 0.05) is 13.1 Å². The van der Waals surface area contributed by atoms with Gasteiger partial charge in [0.2, 0.25) is 0 Å². The van der Waals surface area contributed by atoms with Gasteiger partial charge in [-0.05, 0) is 44.0 Å². The van der Waals surface area contributed by atoms with Gasteiger partial charge in [0.05, 0.1) is 24.8 Å². The summed E-state index contributed by atoms with van der Waals surface area (Å²) in [6, 6.07) is 5.66. The van der Waals surface area contributed by atoms with Crippen LogP contribution in [0.25, 0.3) is 0 Å².